The third kappa shape index (κ3) is 8.48. The van der Waals surface area contributed by atoms with Crippen molar-refractivity contribution in [3.63, 3.8) is 0 Å². The molecule has 0 aliphatic heterocycles. The highest BCUT2D eigenvalue weighted by atomic mass is 16.5. The van der Waals surface area contributed by atoms with Crippen molar-refractivity contribution in [2.24, 2.45) is 5.41 Å². The van der Waals surface area contributed by atoms with Crippen LogP contribution in [0.2, 0.25) is 0 Å². The molecule has 0 fully saturated rings. The molecular formula is C19H32N2O2. The van der Waals surface area contributed by atoms with Crippen LogP contribution in [-0.4, -0.2) is 18.3 Å². The molecular weight excluding hydrogens is 288 g/mol. The fourth-order valence-corrected chi connectivity index (χ4v) is 2.95. The molecule has 0 spiro atoms. The first-order chi connectivity index (χ1) is 10.6. The molecule has 4 heteroatoms. The van der Waals surface area contributed by atoms with Gasteiger partial charge in [0.15, 0.2) is 6.73 Å². The van der Waals surface area contributed by atoms with Crippen molar-refractivity contribution >= 4 is 6.03 Å². The summed E-state index contributed by atoms with van der Waals surface area (Å²) in [4.78, 5) is 12.0. The lowest BCUT2D eigenvalue weighted by molar-refractivity contribution is 0.199. The van der Waals surface area contributed by atoms with Crippen LogP contribution in [0, 0.1) is 5.41 Å². The number of amides is 2. The van der Waals surface area contributed by atoms with Crippen molar-refractivity contribution in [1.82, 2.24) is 10.6 Å². The predicted molar refractivity (Wildman–Crippen MR) is 95.8 cm³/mol. The van der Waals surface area contributed by atoms with Crippen LogP contribution in [-0.2, 0) is 6.42 Å². The third-order valence-electron chi connectivity index (χ3n) is 3.36. The number of hydrogen-bond acceptors (Lipinski definition) is 2. The molecule has 2 N–H and O–H groups in total. The van der Waals surface area contributed by atoms with Crippen molar-refractivity contribution < 1.29 is 9.53 Å². The normalized spacial score (nSPS) is 11.9. The van der Waals surface area contributed by atoms with Gasteiger partial charge in [0, 0.05) is 5.54 Å². The van der Waals surface area contributed by atoms with Gasteiger partial charge in [0.05, 0.1) is 0 Å². The van der Waals surface area contributed by atoms with Crippen LogP contribution in [0.3, 0.4) is 0 Å². The predicted octanol–water partition coefficient (Wildman–Crippen LogP) is 4.49. The lowest BCUT2D eigenvalue weighted by atomic mass is 9.82. The maximum absolute atomic E-state index is 12.0. The molecule has 0 aliphatic carbocycles. The molecule has 0 aromatic heterocycles. The molecule has 0 saturated carbocycles. The van der Waals surface area contributed by atoms with Crippen molar-refractivity contribution in [1.29, 1.82) is 0 Å². The summed E-state index contributed by atoms with van der Waals surface area (Å²) in [6.45, 7) is 12.9. The highest BCUT2D eigenvalue weighted by molar-refractivity contribution is 5.74. The summed E-state index contributed by atoms with van der Waals surface area (Å²) < 4.78 is 5.55. The Morgan fingerprint density at radius 2 is 1.70 bits per heavy atom. The van der Waals surface area contributed by atoms with E-state index in [2.05, 4.69) is 50.5 Å². The number of aryl methyl sites for hydroxylation is 1. The van der Waals surface area contributed by atoms with E-state index in [9.17, 15) is 4.79 Å². The fraction of sp³-hybridized carbons (Fsp3) is 0.632. The number of carbonyl (C=O) groups is 1. The fourth-order valence-electron chi connectivity index (χ4n) is 2.95. The second kappa shape index (κ2) is 8.23. The first-order valence-electron chi connectivity index (χ1n) is 8.39. The minimum absolute atomic E-state index is 0.157. The summed E-state index contributed by atoms with van der Waals surface area (Å²) in [6, 6.07) is 7.79. The highest BCUT2D eigenvalue weighted by Gasteiger charge is 2.26. The van der Waals surface area contributed by atoms with E-state index in [1.807, 2.05) is 26.0 Å². The SMILES string of the molecule is CCCc1ccc(OCNC(=O)NC(C)(C)CC(C)(C)C)cc1. The van der Waals surface area contributed by atoms with E-state index < -0.39 is 0 Å². The zero-order valence-electron chi connectivity index (χ0n) is 15.5. The molecule has 4 nitrogen and oxygen atoms in total. The van der Waals surface area contributed by atoms with Gasteiger partial charge in [-0.1, -0.05) is 46.2 Å². The molecule has 1 aromatic carbocycles. The average Bonchev–Trinajstić information content (AvgIpc) is 2.37. The van der Waals surface area contributed by atoms with Gasteiger partial charge in [0.25, 0.3) is 0 Å². The van der Waals surface area contributed by atoms with Crippen LogP contribution in [0.1, 0.15) is 59.9 Å². The number of hydrogen-bond donors (Lipinski definition) is 2. The second-order valence-electron chi connectivity index (χ2n) is 7.93. The number of benzene rings is 1. The van der Waals surface area contributed by atoms with Gasteiger partial charge in [-0.3, -0.25) is 0 Å². The first kappa shape index (κ1) is 19.3. The minimum atomic E-state index is -0.260. The van der Waals surface area contributed by atoms with E-state index in [4.69, 9.17) is 4.74 Å². The summed E-state index contributed by atoms with van der Waals surface area (Å²) in [5.74, 6) is 0.763. The average molecular weight is 320 g/mol. The van der Waals surface area contributed by atoms with E-state index in [1.54, 1.807) is 0 Å². The number of ether oxygens (including phenoxy) is 1. The topological polar surface area (TPSA) is 50.4 Å². The zero-order valence-corrected chi connectivity index (χ0v) is 15.5. The Kier molecular flexibility index (Phi) is 6.92. The van der Waals surface area contributed by atoms with Gasteiger partial charge < -0.3 is 15.4 Å². The van der Waals surface area contributed by atoms with Crippen LogP contribution in [0.4, 0.5) is 4.79 Å². The van der Waals surface area contributed by atoms with Crippen molar-refractivity contribution in [2.45, 2.75) is 66.3 Å². The number of rotatable bonds is 7. The number of urea groups is 1. The van der Waals surface area contributed by atoms with E-state index >= 15 is 0 Å². The van der Waals surface area contributed by atoms with Crippen molar-refractivity contribution in [3.8, 4) is 5.75 Å². The Bertz CT molecular complexity index is 487. The Balaban J connectivity index is 2.36. The van der Waals surface area contributed by atoms with Gasteiger partial charge in [0.2, 0.25) is 0 Å². The Morgan fingerprint density at radius 3 is 2.22 bits per heavy atom. The standard InChI is InChI=1S/C19H32N2O2/c1-7-8-15-9-11-16(12-10-15)23-14-20-17(22)21-19(5,6)13-18(2,3)4/h9-12H,7-8,13-14H2,1-6H3,(H2,20,21,22). The summed E-state index contributed by atoms with van der Waals surface area (Å²) in [6.07, 6.45) is 3.10. The van der Waals surface area contributed by atoms with Gasteiger partial charge in [-0.2, -0.15) is 0 Å². The summed E-state index contributed by atoms with van der Waals surface area (Å²) in [5, 5.41) is 5.74. The lowest BCUT2D eigenvalue weighted by Gasteiger charge is -2.33. The molecule has 0 bridgehead atoms. The van der Waals surface area contributed by atoms with Crippen LogP contribution < -0.4 is 15.4 Å². The van der Waals surface area contributed by atoms with Gasteiger partial charge in [-0.25, -0.2) is 4.79 Å². The smallest absolute Gasteiger partial charge is 0.317 e. The zero-order chi connectivity index (χ0) is 17.5. The maximum atomic E-state index is 12.0. The summed E-state index contributed by atoms with van der Waals surface area (Å²) in [5.41, 5.74) is 1.20. The number of carbonyl (C=O) groups excluding carboxylic acids is 1. The van der Waals surface area contributed by atoms with Crippen molar-refractivity contribution in [2.75, 3.05) is 6.73 Å². The molecule has 2 amide bonds. The van der Waals surface area contributed by atoms with Crippen LogP contribution in [0.25, 0.3) is 0 Å². The van der Waals surface area contributed by atoms with Crippen LogP contribution >= 0.6 is 0 Å². The molecule has 0 radical (unpaired) electrons. The van der Waals surface area contributed by atoms with Gasteiger partial charge in [-0.15, -0.1) is 0 Å². The Hall–Kier alpha value is -1.71. The van der Waals surface area contributed by atoms with E-state index in [1.165, 1.54) is 5.56 Å². The highest BCUT2D eigenvalue weighted by Crippen LogP contribution is 2.26. The van der Waals surface area contributed by atoms with Crippen molar-refractivity contribution in [3.05, 3.63) is 29.8 Å². The first-order valence-corrected chi connectivity index (χ1v) is 8.39. The third-order valence-corrected chi connectivity index (χ3v) is 3.36. The van der Waals surface area contributed by atoms with E-state index in [-0.39, 0.29) is 23.7 Å². The van der Waals surface area contributed by atoms with E-state index in [0.717, 1.165) is 25.0 Å². The van der Waals surface area contributed by atoms with Gasteiger partial charge >= 0.3 is 6.03 Å². The molecule has 0 atom stereocenters. The Morgan fingerprint density at radius 1 is 1.09 bits per heavy atom. The molecule has 0 aliphatic rings. The van der Waals surface area contributed by atoms with Crippen LogP contribution in [0.15, 0.2) is 24.3 Å². The lowest BCUT2D eigenvalue weighted by Crippen LogP contribution is -2.50. The summed E-state index contributed by atoms with van der Waals surface area (Å²) >= 11 is 0. The van der Waals surface area contributed by atoms with E-state index in [0.29, 0.717) is 0 Å². The summed E-state index contributed by atoms with van der Waals surface area (Å²) in [7, 11) is 0. The van der Waals surface area contributed by atoms with Gasteiger partial charge in [-0.05, 0) is 49.8 Å². The second-order valence-corrected chi connectivity index (χ2v) is 7.93. The largest absolute Gasteiger partial charge is 0.473 e. The molecule has 0 heterocycles. The molecule has 130 valence electrons. The maximum Gasteiger partial charge on any atom is 0.317 e. The Labute approximate surface area is 141 Å². The molecule has 23 heavy (non-hydrogen) atoms. The van der Waals surface area contributed by atoms with Crippen LogP contribution in [0.5, 0.6) is 5.75 Å². The number of nitrogens with one attached hydrogen (secondary N) is 2. The molecule has 0 unspecified atom stereocenters. The molecule has 1 rings (SSSR count). The minimum Gasteiger partial charge on any atom is -0.473 e. The van der Waals surface area contributed by atoms with Gasteiger partial charge in [0.1, 0.15) is 5.75 Å². The molecule has 0 saturated heterocycles. The quantitative estimate of drug-likeness (QED) is 0.727. The molecule has 1 aromatic rings. The monoisotopic (exact) mass is 320 g/mol.